The van der Waals surface area contributed by atoms with E-state index in [2.05, 4.69) is 22.1 Å². The van der Waals surface area contributed by atoms with Crippen molar-refractivity contribution >= 4 is 21.0 Å². The van der Waals surface area contributed by atoms with Gasteiger partial charge in [0, 0.05) is 38.7 Å². The summed E-state index contributed by atoms with van der Waals surface area (Å²) in [6.07, 6.45) is 6.52. The van der Waals surface area contributed by atoms with E-state index in [-0.39, 0.29) is 22.9 Å². The maximum absolute atomic E-state index is 12.5. The number of sulfone groups is 1. The normalized spacial score (nSPS) is 13.9. The Morgan fingerprint density at radius 1 is 1.27 bits per heavy atom. The number of hydrogen-bond acceptors (Lipinski definition) is 6. The van der Waals surface area contributed by atoms with Crippen LogP contribution in [0.15, 0.2) is 38.7 Å². The fraction of sp³-hybridized carbons (Fsp3) is 0.312. The molecule has 0 aromatic carbocycles. The second-order valence-corrected chi connectivity index (χ2v) is 7.75. The molecule has 0 spiro atoms. The molecule has 0 saturated carbocycles. The SMILES string of the molecule is Cn1c(=O)c2c(nc(S(C)(=O)=O)n2C)n(CC#CC2=CNCC=C2)c1=O. The minimum Gasteiger partial charge on any atom is -0.386 e. The third-order valence-electron chi connectivity index (χ3n) is 3.91. The molecule has 26 heavy (non-hydrogen) atoms. The molecular formula is C16H17N5O4S. The fourth-order valence-electron chi connectivity index (χ4n) is 2.65. The number of imidazole rings is 1. The van der Waals surface area contributed by atoms with Crippen molar-refractivity contribution in [2.75, 3.05) is 12.8 Å². The summed E-state index contributed by atoms with van der Waals surface area (Å²) >= 11 is 0. The third-order valence-corrected chi connectivity index (χ3v) is 4.94. The molecule has 0 atom stereocenters. The van der Waals surface area contributed by atoms with Gasteiger partial charge in [0.1, 0.15) is 0 Å². The van der Waals surface area contributed by atoms with E-state index < -0.39 is 21.1 Å². The van der Waals surface area contributed by atoms with E-state index in [9.17, 15) is 18.0 Å². The molecule has 0 saturated heterocycles. The molecule has 1 N–H and O–H groups in total. The molecule has 2 aromatic heterocycles. The Morgan fingerprint density at radius 3 is 2.62 bits per heavy atom. The lowest BCUT2D eigenvalue weighted by molar-refractivity contribution is 0.586. The second kappa shape index (κ2) is 6.34. The number of rotatable bonds is 2. The number of nitrogens with zero attached hydrogens (tertiary/aromatic N) is 4. The Kier molecular flexibility index (Phi) is 4.33. The van der Waals surface area contributed by atoms with Crippen LogP contribution < -0.4 is 16.6 Å². The van der Waals surface area contributed by atoms with Crippen LogP contribution in [0.1, 0.15) is 0 Å². The molecule has 3 rings (SSSR count). The maximum Gasteiger partial charge on any atom is 0.333 e. The van der Waals surface area contributed by atoms with Gasteiger partial charge in [-0.1, -0.05) is 17.9 Å². The van der Waals surface area contributed by atoms with E-state index in [1.54, 1.807) is 6.20 Å². The topological polar surface area (TPSA) is 108 Å². The quantitative estimate of drug-likeness (QED) is 0.667. The molecule has 136 valence electrons. The van der Waals surface area contributed by atoms with Crippen molar-refractivity contribution in [2.45, 2.75) is 11.7 Å². The lowest BCUT2D eigenvalue weighted by atomic mass is 10.2. The first-order valence-corrected chi connectivity index (χ1v) is 9.56. The largest absolute Gasteiger partial charge is 0.386 e. The molecule has 0 unspecified atom stereocenters. The number of allylic oxidation sites excluding steroid dienone is 2. The molecule has 1 aliphatic heterocycles. The molecule has 9 nitrogen and oxygen atoms in total. The van der Waals surface area contributed by atoms with Crippen molar-refractivity contribution in [3.8, 4) is 11.8 Å². The van der Waals surface area contributed by atoms with Crippen LogP contribution in [0.2, 0.25) is 0 Å². The summed E-state index contributed by atoms with van der Waals surface area (Å²) in [5.74, 6) is 5.77. The summed E-state index contributed by atoms with van der Waals surface area (Å²) in [5, 5.41) is 2.74. The molecule has 0 amide bonds. The summed E-state index contributed by atoms with van der Waals surface area (Å²) in [7, 11) is -0.908. The Labute approximate surface area is 149 Å². The van der Waals surface area contributed by atoms with Gasteiger partial charge in [-0.15, -0.1) is 0 Å². The molecule has 3 heterocycles. The van der Waals surface area contributed by atoms with Crippen LogP contribution in [0.5, 0.6) is 0 Å². The minimum atomic E-state index is -3.67. The highest BCUT2D eigenvalue weighted by Gasteiger charge is 2.23. The van der Waals surface area contributed by atoms with Crippen molar-refractivity contribution in [3.05, 3.63) is 44.8 Å². The molecule has 0 radical (unpaired) electrons. The van der Waals surface area contributed by atoms with Gasteiger partial charge in [0.2, 0.25) is 15.0 Å². The number of nitrogens with one attached hydrogen (secondary N) is 1. The molecule has 0 bridgehead atoms. The van der Waals surface area contributed by atoms with Crippen LogP contribution >= 0.6 is 0 Å². The zero-order valence-electron chi connectivity index (χ0n) is 14.5. The Hall–Kier alpha value is -3.06. The monoisotopic (exact) mass is 375 g/mol. The van der Waals surface area contributed by atoms with Crippen LogP contribution in [0.25, 0.3) is 11.2 Å². The summed E-state index contributed by atoms with van der Waals surface area (Å²) in [4.78, 5) is 28.9. The van der Waals surface area contributed by atoms with E-state index >= 15 is 0 Å². The molecule has 2 aromatic rings. The lowest BCUT2D eigenvalue weighted by Gasteiger charge is -2.06. The van der Waals surface area contributed by atoms with E-state index in [0.717, 1.165) is 22.9 Å². The van der Waals surface area contributed by atoms with Crippen LogP contribution in [0.3, 0.4) is 0 Å². The van der Waals surface area contributed by atoms with Crippen molar-refractivity contribution in [2.24, 2.45) is 14.1 Å². The molecule has 0 aliphatic carbocycles. The minimum absolute atomic E-state index is 0.00150. The third kappa shape index (κ3) is 2.97. The van der Waals surface area contributed by atoms with Gasteiger partial charge >= 0.3 is 5.69 Å². The predicted octanol–water partition coefficient (Wildman–Crippen LogP) is -1.12. The van der Waals surface area contributed by atoms with Crippen molar-refractivity contribution < 1.29 is 8.42 Å². The summed E-state index contributed by atoms with van der Waals surface area (Å²) in [5.41, 5.74) is -0.430. The van der Waals surface area contributed by atoms with Crippen LogP contribution in [0.4, 0.5) is 0 Å². The lowest BCUT2D eigenvalue weighted by Crippen LogP contribution is -2.38. The van der Waals surface area contributed by atoms with E-state index in [1.807, 2.05) is 12.2 Å². The highest BCUT2D eigenvalue weighted by Crippen LogP contribution is 2.14. The first-order chi connectivity index (χ1) is 12.2. The number of fused-ring (bicyclic) bond motifs is 1. The Balaban J connectivity index is 2.21. The smallest absolute Gasteiger partial charge is 0.333 e. The van der Waals surface area contributed by atoms with Gasteiger partial charge in [-0.2, -0.15) is 4.98 Å². The van der Waals surface area contributed by atoms with Crippen LogP contribution in [-0.2, 0) is 30.5 Å². The predicted molar refractivity (Wildman–Crippen MR) is 96.3 cm³/mol. The van der Waals surface area contributed by atoms with E-state index in [1.165, 1.54) is 23.2 Å². The van der Waals surface area contributed by atoms with Crippen molar-refractivity contribution in [3.63, 3.8) is 0 Å². The standard InChI is InChI=1S/C16H17N5O4S/c1-19-12-13(18-15(19)26(3,24)25)21(16(23)20(2)14(12)22)9-5-7-11-6-4-8-17-10-11/h4,6,10,17H,8-9H2,1-3H3. The van der Waals surface area contributed by atoms with E-state index in [0.29, 0.717) is 0 Å². The Morgan fingerprint density at radius 2 is 2.00 bits per heavy atom. The molecular weight excluding hydrogens is 358 g/mol. The number of dihydropyridines is 1. The van der Waals surface area contributed by atoms with Crippen LogP contribution in [0, 0.1) is 11.8 Å². The van der Waals surface area contributed by atoms with Gasteiger partial charge in [0.05, 0.1) is 6.54 Å². The zero-order chi connectivity index (χ0) is 19.1. The fourth-order valence-corrected chi connectivity index (χ4v) is 3.49. The van der Waals surface area contributed by atoms with Crippen molar-refractivity contribution in [1.29, 1.82) is 0 Å². The first-order valence-electron chi connectivity index (χ1n) is 7.67. The highest BCUT2D eigenvalue weighted by atomic mass is 32.2. The van der Waals surface area contributed by atoms with Gasteiger partial charge in [-0.25, -0.2) is 13.2 Å². The summed E-state index contributed by atoms with van der Waals surface area (Å²) < 4.78 is 27.1. The number of aromatic nitrogens is 4. The van der Waals surface area contributed by atoms with Crippen LogP contribution in [-0.4, -0.2) is 39.9 Å². The maximum atomic E-state index is 12.5. The molecule has 1 aliphatic rings. The summed E-state index contributed by atoms with van der Waals surface area (Å²) in [6, 6.07) is 0. The zero-order valence-corrected chi connectivity index (χ0v) is 15.3. The van der Waals surface area contributed by atoms with Gasteiger partial charge in [-0.3, -0.25) is 13.9 Å². The van der Waals surface area contributed by atoms with Gasteiger partial charge in [-0.05, 0) is 6.08 Å². The number of aryl methyl sites for hydroxylation is 1. The summed E-state index contributed by atoms with van der Waals surface area (Å²) in [6.45, 7) is 0.698. The van der Waals surface area contributed by atoms with Crippen molar-refractivity contribution in [1.82, 2.24) is 24.0 Å². The number of hydrogen-bond donors (Lipinski definition) is 1. The van der Waals surface area contributed by atoms with E-state index in [4.69, 9.17) is 0 Å². The van der Waals surface area contributed by atoms with Gasteiger partial charge in [0.15, 0.2) is 11.2 Å². The first kappa shape index (κ1) is 17.8. The second-order valence-electron chi connectivity index (χ2n) is 5.84. The van der Waals surface area contributed by atoms with Gasteiger partial charge < -0.3 is 9.88 Å². The van der Waals surface area contributed by atoms with Gasteiger partial charge in [0.25, 0.3) is 5.56 Å². The Bertz CT molecular complexity index is 1250. The average Bonchev–Trinajstić information content (AvgIpc) is 2.94. The molecule has 10 heteroatoms. The average molecular weight is 375 g/mol. The highest BCUT2D eigenvalue weighted by molar-refractivity contribution is 7.90. The molecule has 0 fully saturated rings.